The van der Waals surface area contributed by atoms with E-state index in [0.717, 1.165) is 19.4 Å². The molecule has 88 valence electrons. The van der Waals surface area contributed by atoms with E-state index in [1.165, 1.54) is 0 Å². The monoisotopic (exact) mass is 214 g/mol. The number of carbonyl (C=O) groups excluding carboxylic acids is 1. The van der Waals surface area contributed by atoms with Gasteiger partial charge in [-0.15, -0.1) is 0 Å². The maximum atomic E-state index is 11.4. The summed E-state index contributed by atoms with van der Waals surface area (Å²) < 4.78 is 10.7. The number of hydrogen-bond donors (Lipinski definition) is 0. The van der Waals surface area contributed by atoms with Crippen molar-refractivity contribution >= 4 is 5.78 Å². The van der Waals surface area contributed by atoms with Crippen LogP contribution in [0.25, 0.3) is 0 Å². The summed E-state index contributed by atoms with van der Waals surface area (Å²) >= 11 is 0. The van der Waals surface area contributed by atoms with E-state index >= 15 is 0 Å². The molecule has 0 amide bonds. The van der Waals surface area contributed by atoms with Crippen molar-refractivity contribution in [3.8, 4) is 0 Å². The number of Topliss-reactive ketones (excluding diaryl/α,β-unsaturated/α-hetero) is 1. The first-order chi connectivity index (χ1) is 7.11. The van der Waals surface area contributed by atoms with E-state index in [-0.39, 0.29) is 18.5 Å². The van der Waals surface area contributed by atoms with Crippen LogP contribution in [-0.4, -0.2) is 31.2 Å². The van der Waals surface area contributed by atoms with Crippen molar-refractivity contribution < 1.29 is 14.3 Å². The maximum Gasteiger partial charge on any atom is 0.158 e. The molecule has 1 aliphatic carbocycles. The van der Waals surface area contributed by atoms with Crippen molar-refractivity contribution in [1.82, 2.24) is 0 Å². The molecule has 1 rings (SSSR count). The Labute approximate surface area is 92.1 Å². The fourth-order valence-electron chi connectivity index (χ4n) is 1.85. The molecule has 0 aromatic carbocycles. The van der Waals surface area contributed by atoms with Crippen LogP contribution >= 0.6 is 0 Å². The topological polar surface area (TPSA) is 35.5 Å². The van der Waals surface area contributed by atoms with Crippen LogP contribution in [0.2, 0.25) is 0 Å². The first kappa shape index (κ1) is 12.7. The van der Waals surface area contributed by atoms with Gasteiger partial charge >= 0.3 is 0 Å². The summed E-state index contributed by atoms with van der Waals surface area (Å²) in [5.41, 5.74) is 0. The average molecular weight is 214 g/mol. The molecule has 0 atom stereocenters. The Morgan fingerprint density at radius 2 is 2.07 bits per heavy atom. The number of ketones is 1. The zero-order valence-corrected chi connectivity index (χ0v) is 9.99. The summed E-state index contributed by atoms with van der Waals surface area (Å²) in [6.07, 6.45) is 3.30. The van der Waals surface area contributed by atoms with Crippen LogP contribution in [0.3, 0.4) is 0 Å². The van der Waals surface area contributed by atoms with Gasteiger partial charge in [0.05, 0.1) is 12.2 Å². The molecule has 0 aliphatic heterocycles. The number of carbonyl (C=O) groups is 1. The van der Waals surface area contributed by atoms with E-state index in [9.17, 15) is 4.79 Å². The van der Waals surface area contributed by atoms with Gasteiger partial charge in [-0.2, -0.15) is 0 Å². The van der Waals surface area contributed by atoms with Gasteiger partial charge in [-0.1, -0.05) is 0 Å². The van der Waals surface area contributed by atoms with Gasteiger partial charge in [0.15, 0.2) is 5.78 Å². The normalized spacial score (nSPS) is 25.3. The summed E-state index contributed by atoms with van der Waals surface area (Å²) in [4.78, 5) is 11.4. The van der Waals surface area contributed by atoms with Crippen LogP contribution in [0.4, 0.5) is 0 Å². The van der Waals surface area contributed by atoms with Crippen molar-refractivity contribution in [2.24, 2.45) is 5.92 Å². The number of hydrogen-bond acceptors (Lipinski definition) is 3. The smallest absolute Gasteiger partial charge is 0.158 e. The summed E-state index contributed by atoms with van der Waals surface area (Å²) in [6, 6.07) is 0. The lowest BCUT2D eigenvalue weighted by molar-refractivity contribution is -0.128. The molecule has 0 N–H and O–H groups in total. The highest BCUT2D eigenvalue weighted by atomic mass is 16.5. The SMILES string of the molecule is CCOC1CC(CC(=O)COC(C)C)C1. The molecule has 0 heterocycles. The van der Waals surface area contributed by atoms with Crippen LogP contribution < -0.4 is 0 Å². The Balaban J connectivity index is 2.03. The van der Waals surface area contributed by atoms with Crippen molar-refractivity contribution in [2.75, 3.05) is 13.2 Å². The fraction of sp³-hybridized carbons (Fsp3) is 0.917. The standard InChI is InChI=1S/C12H22O3/c1-4-14-12-6-10(7-12)5-11(13)8-15-9(2)3/h9-10,12H,4-8H2,1-3H3. The molecule has 3 nitrogen and oxygen atoms in total. The Morgan fingerprint density at radius 3 is 2.60 bits per heavy atom. The Morgan fingerprint density at radius 1 is 1.40 bits per heavy atom. The molecular weight excluding hydrogens is 192 g/mol. The third-order valence-corrected chi connectivity index (χ3v) is 2.69. The van der Waals surface area contributed by atoms with Crippen LogP contribution in [0.1, 0.15) is 40.0 Å². The molecule has 1 aliphatic rings. The predicted molar refractivity (Wildman–Crippen MR) is 58.9 cm³/mol. The van der Waals surface area contributed by atoms with Gasteiger partial charge in [0.1, 0.15) is 6.61 Å². The highest BCUT2D eigenvalue weighted by Crippen LogP contribution is 2.32. The minimum absolute atomic E-state index is 0.145. The van der Waals surface area contributed by atoms with Gasteiger partial charge in [0, 0.05) is 13.0 Å². The predicted octanol–water partition coefficient (Wildman–Crippen LogP) is 2.19. The fourth-order valence-corrected chi connectivity index (χ4v) is 1.85. The van der Waals surface area contributed by atoms with Crippen molar-refractivity contribution in [1.29, 1.82) is 0 Å². The molecule has 15 heavy (non-hydrogen) atoms. The molecule has 0 bridgehead atoms. The number of ether oxygens (including phenoxy) is 2. The first-order valence-electron chi connectivity index (χ1n) is 5.86. The quantitative estimate of drug-likeness (QED) is 0.651. The van der Waals surface area contributed by atoms with Crippen LogP contribution in [0.15, 0.2) is 0 Å². The van der Waals surface area contributed by atoms with Crippen LogP contribution in [0, 0.1) is 5.92 Å². The summed E-state index contributed by atoms with van der Waals surface area (Å²) in [5.74, 6) is 0.758. The molecule has 1 fully saturated rings. The Hall–Kier alpha value is -0.410. The molecule has 0 spiro atoms. The number of rotatable bonds is 7. The van der Waals surface area contributed by atoms with Gasteiger partial charge in [-0.05, 0) is 39.5 Å². The molecule has 0 aromatic rings. The molecule has 0 radical (unpaired) electrons. The third-order valence-electron chi connectivity index (χ3n) is 2.69. The molecule has 0 unspecified atom stereocenters. The van der Waals surface area contributed by atoms with Crippen molar-refractivity contribution in [3.05, 3.63) is 0 Å². The first-order valence-corrected chi connectivity index (χ1v) is 5.86. The minimum Gasteiger partial charge on any atom is -0.378 e. The lowest BCUT2D eigenvalue weighted by Gasteiger charge is -2.34. The van der Waals surface area contributed by atoms with E-state index in [2.05, 4.69) is 0 Å². The molecule has 0 saturated heterocycles. The van der Waals surface area contributed by atoms with E-state index in [4.69, 9.17) is 9.47 Å². The highest BCUT2D eigenvalue weighted by Gasteiger charge is 2.30. The highest BCUT2D eigenvalue weighted by molar-refractivity contribution is 5.80. The van der Waals surface area contributed by atoms with Crippen LogP contribution in [-0.2, 0) is 14.3 Å². The second kappa shape index (κ2) is 6.23. The molecular formula is C12H22O3. The lowest BCUT2D eigenvalue weighted by atomic mass is 9.79. The van der Waals surface area contributed by atoms with Crippen LogP contribution in [0.5, 0.6) is 0 Å². The second-order valence-electron chi connectivity index (χ2n) is 4.52. The third kappa shape index (κ3) is 4.76. The molecule has 1 saturated carbocycles. The van der Waals surface area contributed by atoms with Gasteiger partial charge in [0.2, 0.25) is 0 Å². The van der Waals surface area contributed by atoms with Gasteiger partial charge < -0.3 is 9.47 Å². The van der Waals surface area contributed by atoms with E-state index in [1.807, 2.05) is 20.8 Å². The van der Waals surface area contributed by atoms with E-state index in [1.54, 1.807) is 0 Å². The summed E-state index contributed by atoms with van der Waals surface area (Å²) in [5, 5.41) is 0. The van der Waals surface area contributed by atoms with Gasteiger partial charge in [-0.25, -0.2) is 0 Å². The largest absolute Gasteiger partial charge is 0.378 e. The van der Waals surface area contributed by atoms with Gasteiger partial charge in [-0.3, -0.25) is 4.79 Å². The average Bonchev–Trinajstić information content (AvgIpc) is 2.11. The minimum atomic E-state index is 0.145. The lowest BCUT2D eigenvalue weighted by Crippen LogP contribution is -2.33. The zero-order valence-electron chi connectivity index (χ0n) is 9.99. The van der Waals surface area contributed by atoms with Crippen molar-refractivity contribution in [2.45, 2.75) is 52.2 Å². The van der Waals surface area contributed by atoms with E-state index in [0.29, 0.717) is 18.4 Å². The molecule has 3 heteroatoms. The zero-order chi connectivity index (χ0) is 11.3. The molecule has 0 aromatic heterocycles. The Kier molecular flexibility index (Phi) is 5.26. The van der Waals surface area contributed by atoms with E-state index < -0.39 is 0 Å². The van der Waals surface area contributed by atoms with Crippen molar-refractivity contribution in [3.63, 3.8) is 0 Å². The Bertz CT molecular complexity index is 195. The summed E-state index contributed by atoms with van der Waals surface area (Å²) in [7, 11) is 0. The second-order valence-corrected chi connectivity index (χ2v) is 4.52. The summed E-state index contributed by atoms with van der Waals surface area (Å²) in [6.45, 7) is 6.95. The van der Waals surface area contributed by atoms with Gasteiger partial charge in [0.25, 0.3) is 0 Å². The maximum absolute atomic E-state index is 11.4.